The van der Waals surface area contributed by atoms with E-state index in [4.69, 9.17) is 0 Å². The van der Waals surface area contributed by atoms with Gasteiger partial charge in [-0.15, -0.1) is 0 Å². The second-order valence-corrected chi connectivity index (χ2v) is 5.50. The number of hydrogen-bond donors (Lipinski definition) is 1. The summed E-state index contributed by atoms with van der Waals surface area (Å²) in [5, 5.41) is 3.44. The minimum absolute atomic E-state index is 0.552. The fourth-order valence-corrected chi connectivity index (χ4v) is 2.02. The van der Waals surface area contributed by atoms with Gasteiger partial charge < -0.3 is 5.32 Å². The molecule has 0 unspecified atom stereocenters. The SMILES string of the molecule is CC(C)NCc1ccc(CN(C)C2CC2)cc1. The van der Waals surface area contributed by atoms with Crippen LogP contribution < -0.4 is 5.32 Å². The maximum atomic E-state index is 3.44. The summed E-state index contributed by atoms with van der Waals surface area (Å²) in [6.07, 6.45) is 2.76. The Hall–Kier alpha value is -0.860. The Bertz CT molecular complexity index is 338. The van der Waals surface area contributed by atoms with Gasteiger partial charge in [-0.3, -0.25) is 4.90 Å². The van der Waals surface area contributed by atoms with Crippen molar-refractivity contribution >= 4 is 0 Å². The summed E-state index contributed by atoms with van der Waals surface area (Å²) in [7, 11) is 2.23. The van der Waals surface area contributed by atoms with Crippen LogP contribution in [0.1, 0.15) is 37.8 Å². The first kappa shape index (κ1) is 12.6. The van der Waals surface area contributed by atoms with Gasteiger partial charge in [0.15, 0.2) is 0 Å². The van der Waals surface area contributed by atoms with E-state index in [1.807, 2.05) is 0 Å². The summed E-state index contributed by atoms with van der Waals surface area (Å²) in [4.78, 5) is 2.46. The summed E-state index contributed by atoms with van der Waals surface area (Å²) in [6, 6.07) is 10.4. The van der Waals surface area contributed by atoms with Gasteiger partial charge in [-0.05, 0) is 31.0 Å². The molecule has 1 N–H and O–H groups in total. The van der Waals surface area contributed by atoms with E-state index < -0.39 is 0 Å². The summed E-state index contributed by atoms with van der Waals surface area (Å²) in [5.41, 5.74) is 2.80. The van der Waals surface area contributed by atoms with Gasteiger partial charge in [-0.25, -0.2) is 0 Å². The van der Waals surface area contributed by atoms with Gasteiger partial charge in [0.25, 0.3) is 0 Å². The number of nitrogens with zero attached hydrogens (tertiary/aromatic N) is 1. The molecule has 2 rings (SSSR count). The zero-order valence-corrected chi connectivity index (χ0v) is 11.2. The van der Waals surface area contributed by atoms with E-state index >= 15 is 0 Å². The van der Waals surface area contributed by atoms with Gasteiger partial charge in [0.05, 0.1) is 0 Å². The minimum atomic E-state index is 0.552. The highest BCUT2D eigenvalue weighted by molar-refractivity contribution is 5.22. The largest absolute Gasteiger partial charge is 0.310 e. The highest BCUT2D eigenvalue weighted by atomic mass is 15.1. The highest BCUT2D eigenvalue weighted by Gasteiger charge is 2.25. The molecule has 1 fully saturated rings. The quantitative estimate of drug-likeness (QED) is 0.811. The smallest absolute Gasteiger partial charge is 0.0233 e. The van der Waals surface area contributed by atoms with E-state index in [9.17, 15) is 0 Å². The van der Waals surface area contributed by atoms with Gasteiger partial charge in [-0.2, -0.15) is 0 Å². The van der Waals surface area contributed by atoms with Gasteiger partial charge >= 0.3 is 0 Å². The van der Waals surface area contributed by atoms with Crippen LogP contribution in [0.4, 0.5) is 0 Å². The third kappa shape index (κ3) is 4.14. The lowest BCUT2D eigenvalue weighted by Crippen LogP contribution is -2.22. The number of rotatable bonds is 6. The van der Waals surface area contributed by atoms with E-state index in [0.29, 0.717) is 6.04 Å². The molecule has 0 spiro atoms. The second-order valence-electron chi connectivity index (χ2n) is 5.50. The third-order valence-corrected chi connectivity index (χ3v) is 3.34. The molecule has 1 saturated carbocycles. The predicted molar refractivity (Wildman–Crippen MR) is 72.9 cm³/mol. The van der Waals surface area contributed by atoms with Crippen molar-refractivity contribution in [1.29, 1.82) is 0 Å². The fourth-order valence-electron chi connectivity index (χ4n) is 2.02. The molecule has 94 valence electrons. The lowest BCUT2D eigenvalue weighted by molar-refractivity contribution is 0.316. The first-order chi connectivity index (χ1) is 8.15. The zero-order valence-electron chi connectivity index (χ0n) is 11.2. The molecule has 2 heteroatoms. The van der Waals surface area contributed by atoms with Gasteiger partial charge in [0.1, 0.15) is 0 Å². The van der Waals surface area contributed by atoms with Crippen molar-refractivity contribution in [2.75, 3.05) is 7.05 Å². The average Bonchev–Trinajstić information content (AvgIpc) is 3.12. The maximum absolute atomic E-state index is 3.44. The lowest BCUT2D eigenvalue weighted by Gasteiger charge is -2.16. The summed E-state index contributed by atoms with van der Waals surface area (Å²) in [5.74, 6) is 0. The molecular weight excluding hydrogens is 208 g/mol. The molecular formula is C15H24N2. The summed E-state index contributed by atoms with van der Waals surface area (Å²) in [6.45, 7) is 6.41. The molecule has 0 radical (unpaired) electrons. The third-order valence-electron chi connectivity index (χ3n) is 3.34. The van der Waals surface area contributed by atoms with Gasteiger partial charge in [0, 0.05) is 25.2 Å². The standard InChI is InChI=1S/C15H24N2/c1-12(2)16-10-13-4-6-14(7-5-13)11-17(3)15-8-9-15/h4-7,12,15-16H,8-11H2,1-3H3. The van der Waals surface area contributed by atoms with Crippen LogP contribution in [0.2, 0.25) is 0 Å². The molecule has 1 aromatic rings. The molecule has 17 heavy (non-hydrogen) atoms. The summed E-state index contributed by atoms with van der Waals surface area (Å²) >= 11 is 0. The van der Waals surface area contributed by atoms with Crippen LogP contribution in [0.15, 0.2) is 24.3 Å². The molecule has 0 atom stereocenters. The Balaban J connectivity index is 1.84. The summed E-state index contributed by atoms with van der Waals surface area (Å²) < 4.78 is 0. The van der Waals surface area contributed by atoms with Gasteiger partial charge in [-0.1, -0.05) is 38.1 Å². The molecule has 2 nitrogen and oxygen atoms in total. The van der Waals surface area contributed by atoms with Crippen LogP contribution in [-0.4, -0.2) is 24.0 Å². The molecule has 1 aliphatic carbocycles. The van der Waals surface area contributed by atoms with Crippen molar-refractivity contribution in [1.82, 2.24) is 10.2 Å². The van der Waals surface area contributed by atoms with E-state index in [1.54, 1.807) is 0 Å². The van der Waals surface area contributed by atoms with Crippen molar-refractivity contribution in [3.63, 3.8) is 0 Å². The molecule has 1 aliphatic rings. The normalized spacial score (nSPS) is 15.8. The Kier molecular flexibility index (Phi) is 4.19. The van der Waals surface area contributed by atoms with E-state index in [-0.39, 0.29) is 0 Å². The van der Waals surface area contributed by atoms with E-state index in [0.717, 1.165) is 19.1 Å². The van der Waals surface area contributed by atoms with E-state index in [2.05, 4.69) is 55.4 Å². The maximum Gasteiger partial charge on any atom is 0.0233 e. The molecule has 0 saturated heterocycles. The van der Waals surface area contributed by atoms with Crippen LogP contribution in [0.5, 0.6) is 0 Å². The highest BCUT2D eigenvalue weighted by Crippen LogP contribution is 2.26. The average molecular weight is 232 g/mol. The van der Waals surface area contributed by atoms with Crippen LogP contribution in [0, 0.1) is 0 Å². The first-order valence-corrected chi connectivity index (χ1v) is 6.66. The van der Waals surface area contributed by atoms with Gasteiger partial charge in [0.2, 0.25) is 0 Å². The van der Waals surface area contributed by atoms with Crippen LogP contribution >= 0.6 is 0 Å². The Morgan fingerprint density at radius 3 is 2.29 bits per heavy atom. The topological polar surface area (TPSA) is 15.3 Å². The number of nitrogens with one attached hydrogen (secondary N) is 1. The molecule has 0 amide bonds. The number of hydrogen-bond acceptors (Lipinski definition) is 2. The van der Waals surface area contributed by atoms with Crippen molar-refractivity contribution in [2.45, 2.75) is 51.9 Å². The number of benzene rings is 1. The van der Waals surface area contributed by atoms with Crippen LogP contribution in [0.3, 0.4) is 0 Å². The molecule has 0 aromatic heterocycles. The van der Waals surface area contributed by atoms with Crippen LogP contribution in [0.25, 0.3) is 0 Å². The molecule has 1 aromatic carbocycles. The zero-order chi connectivity index (χ0) is 12.3. The first-order valence-electron chi connectivity index (χ1n) is 6.66. The van der Waals surface area contributed by atoms with Crippen molar-refractivity contribution < 1.29 is 0 Å². The molecule has 0 bridgehead atoms. The van der Waals surface area contributed by atoms with Crippen LogP contribution in [-0.2, 0) is 13.1 Å². The predicted octanol–water partition coefficient (Wildman–Crippen LogP) is 2.78. The second kappa shape index (κ2) is 5.65. The Morgan fingerprint density at radius 1 is 1.18 bits per heavy atom. The monoisotopic (exact) mass is 232 g/mol. The van der Waals surface area contributed by atoms with Crippen molar-refractivity contribution in [2.24, 2.45) is 0 Å². The molecule has 0 heterocycles. The van der Waals surface area contributed by atoms with E-state index in [1.165, 1.54) is 24.0 Å². The van der Waals surface area contributed by atoms with Crippen molar-refractivity contribution in [3.05, 3.63) is 35.4 Å². The Morgan fingerprint density at radius 2 is 1.76 bits per heavy atom. The molecule has 0 aliphatic heterocycles. The lowest BCUT2D eigenvalue weighted by atomic mass is 10.1. The Labute approximate surface area is 105 Å². The fraction of sp³-hybridized carbons (Fsp3) is 0.600. The van der Waals surface area contributed by atoms with Crippen molar-refractivity contribution in [3.8, 4) is 0 Å². The minimum Gasteiger partial charge on any atom is -0.310 e.